The number of anilines is 1. The highest BCUT2D eigenvalue weighted by Gasteiger charge is 2.15. The highest BCUT2D eigenvalue weighted by atomic mass is 19.1. The maximum atomic E-state index is 13.5. The van der Waals surface area contributed by atoms with Crippen LogP contribution in [0.15, 0.2) is 97.5 Å². The molecule has 3 N–H and O–H groups in total. The summed E-state index contributed by atoms with van der Waals surface area (Å²) in [5.41, 5.74) is 9.67. The van der Waals surface area contributed by atoms with Crippen LogP contribution in [-0.4, -0.2) is 20.2 Å². The molecule has 6 rings (SSSR count). The zero-order valence-corrected chi connectivity index (χ0v) is 21.3. The van der Waals surface area contributed by atoms with Crippen LogP contribution in [0.25, 0.3) is 55.4 Å². The van der Waals surface area contributed by atoms with E-state index in [0.29, 0.717) is 5.92 Å². The molecule has 3 aromatic heterocycles. The lowest BCUT2D eigenvalue weighted by Gasteiger charge is -2.12. The van der Waals surface area contributed by atoms with Gasteiger partial charge < -0.3 is 10.3 Å². The Morgan fingerprint density at radius 1 is 0.895 bits per heavy atom. The van der Waals surface area contributed by atoms with Crippen molar-refractivity contribution in [2.45, 2.75) is 20.3 Å². The van der Waals surface area contributed by atoms with Crippen molar-refractivity contribution >= 4 is 27.5 Å². The Morgan fingerprint density at radius 2 is 1.71 bits per heavy atom. The van der Waals surface area contributed by atoms with Crippen molar-refractivity contribution < 1.29 is 4.39 Å². The van der Waals surface area contributed by atoms with E-state index in [9.17, 15) is 4.39 Å². The number of H-pyrrole nitrogens is 2. The van der Waals surface area contributed by atoms with Gasteiger partial charge in [-0.25, -0.2) is 4.39 Å². The third kappa shape index (κ3) is 4.57. The Kier molecular flexibility index (Phi) is 6.00. The first-order valence-electron chi connectivity index (χ1n) is 12.7. The van der Waals surface area contributed by atoms with Crippen LogP contribution in [-0.2, 0) is 0 Å². The fourth-order valence-corrected chi connectivity index (χ4v) is 4.98. The van der Waals surface area contributed by atoms with Gasteiger partial charge in [0, 0.05) is 33.7 Å². The summed E-state index contributed by atoms with van der Waals surface area (Å²) in [4.78, 5) is 7.99. The van der Waals surface area contributed by atoms with E-state index in [1.165, 1.54) is 12.1 Å². The number of rotatable bonds is 7. The molecule has 0 unspecified atom stereocenters. The molecule has 0 spiro atoms. The van der Waals surface area contributed by atoms with E-state index < -0.39 is 0 Å². The van der Waals surface area contributed by atoms with Crippen LogP contribution in [0.3, 0.4) is 0 Å². The second-order valence-electron chi connectivity index (χ2n) is 10.1. The van der Waals surface area contributed by atoms with E-state index in [4.69, 9.17) is 0 Å². The van der Waals surface area contributed by atoms with Crippen molar-refractivity contribution in [3.63, 3.8) is 0 Å². The molecular weight excluding hydrogens is 473 g/mol. The Labute approximate surface area is 220 Å². The maximum absolute atomic E-state index is 13.5. The summed E-state index contributed by atoms with van der Waals surface area (Å²) in [5.74, 6) is 0.288. The molecule has 0 bridgehead atoms. The number of aromatic amines is 2. The van der Waals surface area contributed by atoms with Crippen LogP contribution in [0.4, 0.5) is 10.1 Å². The first-order valence-corrected chi connectivity index (χ1v) is 12.7. The second kappa shape index (κ2) is 9.63. The number of nitrogens with zero attached hydrogens (tertiary/aromatic N) is 2. The summed E-state index contributed by atoms with van der Waals surface area (Å²) < 4.78 is 13.5. The molecule has 6 heteroatoms. The predicted octanol–water partition coefficient (Wildman–Crippen LogP) is 8.55. The average Bonchev–Trinajstić information content (AvgIpc) is 3.52. The lowest BCUT2D eigenvalue weighted by molar-refractivity contribution is 0.628. The molecular formula is C32H28FN5. The molecule has 0 saturated heterocycles. The molecule has 188 valence electrons. The standard InChI is InChI=1S/C32H28FN5/c1-19(2)13-20(3)35-25-14-23(17-34-18-25)22-9-12-30-28(15-22)32(38-37-30)31-16-27-26(5-4-6-29(27)36-31)21-7-10-24(33)11-8-21/h4-12,14-19,35-36H,3,13H2,1-2H3,(H,37,38). The Hall–Kier alpha value is -4.71. The monoisotopic (exact) mass is 501 g/mol. The Bertz CT molecular complexity index is 1780. The van der Waals surface area contributed by atoms with Crippen molar-refractivity contribution in [2.75, 3.05) is 5.32 Å². The van der Waals surface area contributed by atoms with Crippen molar-refractivity contribution in [3.8, 4) is 33.6 Å². The summed E-state index contributed by atoms with van der Waals surface area (Å²) >= 11 is 0. The molecule has 0 amide bonds. The Balaban J connectivity index is 1.38. The zero-order chi connectivity index (χ0) is 26.2. The van der Waals surface area contributed by atoms with Gasteiger partial charge in [0.1, 0.15) is 11.5 Å². The van der Waals surface area contributed by atoms with Crippen LogP contribution in [0.5, 0.6) is 0 Å². The largest absolute Gasteiger partial charge is 0.358 e. The third-order valence-electron chi connectivity index (χ3n) is 6.68. The quantitative estimate of drug-likeness (QED) is 0.205. The van der Waals surface area contributed by atoms with Crippen LogP contribution in [0.2, 0.25) is 0 Å². The molecule has 5 nitrogen and oxygen atoms in total. The van der Waals surface area contributed by atoms with Gasteiger partial charge in [-0.2, -0.15) is 5.10 Å². The van der Waals surface area contributed by atoms with Gasteiger partial charge in [-0.1, -0.05) is 50.8 Å². The van der Waals surface area contributed by atoms with E-state index in [1.807, 2.05) is 42.7 Å². The maximum Gasteiger partial charge on any atom is 0.123 e. The average molecular weight is 502 g/mol. The van der Waals surface area contributed by atoms with E-state index in [2.05, 4.69) is 76.2 Å². The zero-order valence-electron chi connectivity index (χ0n) is 21.3. The number of aromatic nitrogens is 4. The lowest BCUT2D eigenvalue weighted by atomic mass is 10.0. The number of hydrogen-bond acceptors (Lipinski definition) is 3. The molecule has 0 saturated carbocycles. The predicted molar refractivity (Wildman–Crippen MR) is 154 cm³/mol. The van der Waals surface area contributed by atoms with Gasteiger partial charge in [0.05, 0.1) is 23.1 Å². The third-order valence-corrected chi connectivity index (χ3v) is 6.68. The van der Waals surface area contributed by atoms with Crippen molar-refractivity contribution in [1.29, 1.82) is 0 Å². The first kappa shape index (κ1) is 23.7. The van der Waals surface area contributed by atoms with Crippen LogP contribution < -0.4 is 5.32 Å². The van der Waals surface area contributed by atoms with E-state index >= 15 is 0 Å². The first-order chi connectivity index (χ1) is 18.4. The minimum atomic E-state index is -0.244. The number of hydrogen-bond donors (Lipinski definition) is 3. The van der Waals surface area contributed by atoms with Crippen molar-refractivity contribution in [3.05, 3.63) is 103 Å². The molecule has 3 aromatic carbocycles. The van der Waals surface area contributed by atoms with Crippen molar-refractivity contribution in [2.24, 2.45) is 5.92 Å². The molecule has 6 aromatic rings. The smallest absolute Gasteiger partial charge is 0.123 e. The van der Waals surface area contributed by atoms with Crippen LogP contribution in [0, 0.1) is 11.7 Å². The summed E-state index contributed by atoms with van der Waals surface area (Å²) in [6.45, 7) is 8.50. The molecule has 38 heavy (non-hydrogen) atoms. The molecule has 3 heterocycles. The van der Waals surface area contributed by atoms with Gasteiger partial charge >= 0.3 is 0 Å². The fraction of sp³-hybridized carbons (Fsp3) is 0.125. The number of nitrogens with one attached hydrogen (secondary N) is 3. The molecule has 0 atom stereocenters. The normalized spacial score (nSPS) is 11.5. The summed E-state index contributed by atoms with van der Waals surface area (Å²) in [6, 6.07) is 23.2. The fourth-order valence-electron chi connectivity index (χ4n) is 4.98. The molecule has 0 aliphatic carbocycles. The van der Waals surface area contributed by atoms with E-state index in [1.54, 1.807) is 0 Å². The van der Waals surface area contributed by atoms with Crippen LogP contribution in [0.1, 0.15) is 20.3 Å². The second-order valence-corrected chi connectivity index (χ2v) is 10.1. The summed E-state index contributed by atoms with van der Waals surface area (Å²) in [5, 5.41) is 13.3. The van der Waals surface area contributed by atoms with Gasteiger partial charge in [0.25, 0.3) is 0 Å². The summed E-state index contributed by atoms with van der Waals surface area (Å²) in [6.07, 6.45) is 4.59. The van der Waals surface area contributed by atoms with Crippen LogP contribution >= 0.6 is 0 Å². The van der Waals surface area contributed by atoms with Gasteiger partial charge in [-0.3, -0.25) is 10.1 Å². The molecule has 0 radical (unpaired) electrons. The van der Waals surface area contributed by atoms with Gasteiger partial charge in [0.2, 0.25) is 0 Å². The molecule has 0 aliphatic heterocycles. The lowest BCUT2D eigenvalue weighted by Crippen LogP contribution is -2.02. The minimum Gasteiger partial charge on any atom is -0.358 e. The molecule has 0 aliphatic rings. The van der Waals surface area contributed by atoms with E-state index in [0.717, 1.165) is 73.3 Å². The van der Waals surface area contributed by atoms with Crippen molar-refractivity contribution in [1.82, 2.24) is 20.2 Å². The van der Waals surface area contributed by atoms with Gasteiger partial charge in [0.15, 0.2) is 0 Å². The van der Waals surface area contributed by atoms with Gasteiger partial charge in [-0.15, -0.1) is 0 Å². The Morgan fingerprint density at radius 3 is 2.53 bits per heavy atom. The summed E-state index contributed by atoms with van der Waals surface area (Å²) in [7, 11) is 0. The minimum absolute atomic E-state index is 0.244. The van der Waals surface area contributed by atoms with E-state index in [-0.39, 0.29) is 5.82 Å². The SMILES string of the molecule is C=C(CC(C)C)Nc1cncc(-c2ccc3[nH]nc(-c4cc5c(-c6ccc(F)cc6)cccc5[nH]4)c3c2)c1. The topological polar surface area (TPSA) is 69.4 Å². The number of allylic oxidation sites excluding steroid dienone is 1. The number of fused-ring (bicyclic) bond motifs is 2. The highest BCUT2D eigenvalue weighted by molar-refractivity contribution is 6.01. The number of pyridine rings is 1. The molecule has 0 fully saturated rings. The number of halogens is 1. The van der Waals surface area contributed by atoms with Gasteiger partial charge in [-0.05, 0) is 71.5 Å². The highest BCUT2D eigenvalue weighted by Crippen LogP contribution is 2.35. The number of benzene rings is 3.